The molecule has 1 saturated heterocycles. The maximum atomic E-state index is 12.4. The first-order valence-electron chi connectivity index (χ1n) is 9.22. The van der Waals surface area contributed by atoms with E-state index in [0.717, 1.165) is 50.5 Å². The second kappa shape index (κ2) is 9.80. The first kappa shape index (κ1) is 21.2. The number of benzene rings is 1. The van der Waals surface area contributed by atoms with Crippen molar-refractivity contribution in [1.82, 2.24) is 10.2 Å². The number of halogens is 1. The molecule has 1 fully saturated rings. The number of rotatable bonds is 3. The molecule has 8 nitrogen and oxygen atoms in total. The molecule has 0 aliphatic carbocycles. The van der Waals surface area contributed by atoms with Gasteiger partial charge < -0.3 is 4.90 Å². The Bertz CT molecular complexity index is 890. The van der Waals surface area contributed by atoms with Crippen molar-refractivity contribution in [3.05, 3.63) is 34.9 Å². The molecular weight excluding hydrogens is 414 g/mol. The van der Waals surface area contributed by atoms with Gasteiger partial charge in [0.05, 0.1) is 5.75 Å². The summed E-state index contributed by atoms with van der Waals surface area (Å²) >= 11 is 6.85. The van der Waals surface area contributed by atoms with Crippen LogP contribution in [0.1, 0.15) is 36.0 Å². The van der Waals surface area contributed by atoms with E-state index >= 15 is 0 Å². The van der Waals surface area contributed by atoms with E-state index in [0.29, 0.717) is 5.02 Å². The molecule has 2 aliphatic heterocycles. The van der Waals surface area contributed by atoms with Crippen molar-refractivity contribution in [2.45, 2.75) is 25.7 Å². The molecule has 2 aliphatic rings. The van der Waals surface area contributed by atoms with Gasteiger partial charge in [0.15, 0.2) is 16.7 Å². The Labute approximate surface area is 177 Å². The predicted molar refractivity (Wildman–Crippen MR) is 114 cm³/mol. The first-order chi connectivity index (χ1) is 13.9. The van der Waals surface area contributed by atoms with Crippen molar-refractivity contribution in [2.24, 2.45) is 9.98 Å². The van der Waals surface area contributed by atoms with E-state index in [2.05, 4.69) is 15.3 Å². The topological polar surface area (TPSA) is 115 Å². The smallest absolute Gasteiger partial charge is 0.279 e. The second-order valence-corrected chi connectivity index (χ2v) is 7.98. The van der Waals surface area contributed by atoms with Crippen molar-refractivity contribution < 1.29 is 14.4 Å². The standard InChI is InChI=1S/C19H20ClN5O3S/c20-13-7-5-12(6-8-13)17(27)22-15-16(21)23-19(24-18(15)28)29-11-14(26)25-9-3-1-2-4-10-25/h5-8H,1-4,9-11H2,(H2,21,23,24,28). The monoisotopic (exact) mass is 433 g/mol. The highest BCUT2D eigenvalue weighted by Gasteiger charge is 2.27. The number of carbonyl (C=O) groups excluding carboxylic acids is 3. The van der Waals surface area contributed by atoms with Crippen LogP contribution in [0.3, 0.4) is 0 Å². The molecule has 3 amide bonds. The van der Waals surface area contributed by atoms with Gasteiger partial charge in [-0.1, -0.05) is 36.2 Å². The molecule has 0 aromatic heterocycles. The molecule has 0 saturated carbocycles. The van der Waals surface area contributed by atoms with Crippen LogP contribution in [0.25, 0.3) is 0 Å². The van der Waals surface area contributed by atoms with E-state index in [1.165, 1.54) is 24.3 Å². The Hall–Kier alpha value is -2.52. The molecule has 0 unspecified atom stereocenters. The van der Waals surface area contributed by atoms with Gasteiger partial charge in [0, 0.05) is 23.7 Å². The van der Waals surface area contributed by atoms with Gasteiger partial charge in [0.25, 0.3) is 11.8 Å². The molecule has 0 atom stereocenters. The van der Waals surface area contributed by atoms with Crippen LogP contribution in [0.15, 0.2) is 34.3 Å². The predicted octanol–water partition coefficient (Wildman–Crippen LogP) is 2.52. The fourth-order valence-corrected chi connectivity index (χ4v) is 3.81. The van der Waals surface area contributed by atoms with Gasteiger partial charge in [-0.25, -0.2) is 4.99 Å². The van der Waals surface area contributed by atoms with Crippen LogP contribution < -0.4 is 5.32 Å². The van der Waals surface area contributed by atoms with Crippen molar-refractivity contribution >= 4 is 57.8 Å². The molecule has 1 aromatic carbocycles. The van der Waals surface area contributed by atoms with Gasteiger partial charge in [-0.05, 0) is 37.1 Å². The summed E-state index contributed by atoms with van der Waals surface area (Å²) in [6.07, 6.45) is 4.27. The summed E-state index contributed by atoms with van der Waals surface area (Å²) in [5.74, 6) is -1.67. The number of aliphatic imine (C=N–C) groups is 2. The molecule has 3 rings (SSSR count). The maximum Gasteiger partial charge on any atom is 0.279 e. The normalized spacial score (nSPS) is 18.9. The van der Waals surface area contributed by atoms with Crippen LogP contribution in [0.5, 0.6) is 0 Å². The molecular formula is C19H20ClN5O3S. The van der Waals surface area contributed by atoms with Gasteiger partial charge >= 0.3 is 0 Å². The third-order valence-electron chi connectivity index (χ3n) is 4.47. The van der Waals surface area contributed by atoms with Crippen molar-refractivity contribution in [1.29, 1.82) is 5.41 Å². The van der Waals surface area contributed by atoms with Crippen LogP contribution in [0.4, 0.5) is 0 Å². The lowest BCUT2D eigenvalue weighted by atomic mass is 10.2. The largest absolute Gasteiger partial charge is 0.342 e. The lowest BCUT2D eigenvalue weighted by Gasteiger charge is -2.20. The quantitative estimate of drug-likeness (QED) is 0.761. The number of hydrogen-bond acceptors (Lipinski definition) is 5. The minimum absolute atomic E-state index is 0.0160. The molecule has 10 heteroatoms. The number of carbonyl (C=O) groups is 3. The molecule has 0 spiro atoms. The summed E-state index contributed by atoms with van der Waals surface area (Å²) < 4.78 is 0. The maximum absolute atomic E-state index is 12.4. The highest BCUT2D eigenvalue weighted by atomic mass is 35.5. The number of amidine groups is 2. The van der Waals surface area contributed by atoms with E-state index in [9.17, 15) is 14.4 Å². The van der Waals surface area contributed by atoms with Crippen LogP contribution in [-0.4, -0.2) is 58.2 Å². The summed E-state index contributed by atoms with van der Waals surface area (Å²) in [6, 6.07) is 6.04. The molecule has 2 N–H and O–H groups in total. The van der Waals surface area contributed by atoms with Gasteiger partial charge in [-0.2, -0.15) is 4.99 Å². The third-order valence-corrected chi connectivity index (χ3v) is 5.58. The van der Waals surface area contributed by atoms with Crippen LogP contribution in [0.2, 0.25) is 5.02 Å². The Kier molecular flexibility index (Phi) is 7.16. The van der Waals surface area contributed by atoms with Gasteiger partial charge in [0.1, 0.15) is 0 Å². The third kappa shape index (κ3) is 5.74. The van der Waals surface area contributed by atoms with E-state index in [1.807, 2.05) is 4.90 Å². The Balaban J connectivity index is 1.62. The number of amides is 3. The zero-order chi connectivity index (χ0) is 20.8. The zero-order valence-electron chi connectivity index (χ0n) is 15.6. The minimum Gasteiger partial charge on any atom is -0.342 e. The van der Waals surface area contributed by atoms with Gasteiger partial charge in [-0.15, -0.1) is 0 Å². The lowest BCUT2D eigenvalue weighted by Crippen LogP contribution is -2.44. The average Bonchev–Trinajstić information content (AvgIpc) is 2.99. The van der Waals surface area contributed by atoms with Crippen molar-refractivity contribution in [2.75, 3.05) is 18.8 Å². The zero-order valence-corrected chi connectivity index (χ0v) is 17.2. The molecule has 0 bridgehead atoms. The number of likely N-dealkylation sites (tertiary alicyclic amines) is 1. The summed E-state index contributed by atoms with van der Waals surface area (Å²) in [7, 11) is 0. The number of hydrogen-bond donors (Lipinski definition) is 2. The van der Waals surface area contributed by atoms with Crippen molar-refractivity contribution in [3.63, 3.8) is 0 Å². The van der Waals surface area contributed by atoms with E-state index < -0.39 is 17.6 Å². The van der Waals surface area contributed by atoms with E-state index in [4.69, 9.17) is 17.0 Å². The van der Waals surface area contributed by atoms with Crippen LogP contribution in [-0.2, 0) is 9.59 Å². The first-order valence-corrected chi connectivity index (χ1v) is 10.6. The lowest BCUT2D eigenvalue weighted by molar-refractivity contribution is -0.128. The van der Waals surface area contributed by atoms with Gasteiger partial charge in [0.2, 0.25) is 5.91 Å². The summed E-state index contributed by atoms with van der Waals surface area (Å²) in [5.41, 5.74) is -0.122. The number of thioether (sulfide) groups is 1. The van der Waals surface area contributed by atoms with E-state index in [1.54, 1.807) is 0 Å². The van der Waals surface area contributed by atoms with Gasteiger partial charge in [-0.3, -0.25) is 25.1 Å². The van der Waals surface area contributed by atoms with Crippen LogP contribution >= 0.6 is 23.4 Å². The molecule has 0 radical (unpaired) electrons. The summed E-state index contributed by atoms with van der Waals surface area (Å²) in [5, 5.41) is 11.1. The highest BCUT2D eigenvalue weighted by molar-refractivity contribution is 8.14. The fraction of sp³-hybridized carbons (Fsp3) is 0.368. The molecule has 1 aromatic rings. The minimum atomic E-state index is -0.697. The van der Waals surface area contributed by atoms with Crippen LogP contribution in [0, 0.1) is 5.41 Å². The Morgan fingerprint density at radius 3 is 2.45 bits per heavy atom. The van der Waals surface area contributed by atoms with Crippen molar-refractivity contribution in [3.8, 4) is 0 Å². The Morgan fingerprint density at radius 2 is 1.83 bits per heavy atom. The fourth-order valence-electron chi connectivity index (χ4n) is 2.92. The summed E-state index contributed by atoms with van der Waals surface area (Å²) in [6.45, 7) is 1.50. The Morgan fingerprint density at radius 1 is 1.17 bits per heavy atom. The number of nitrogens with one attached hydrogen (secondary N) is 2. The highest BCUT2D eigenvalue weighted by Crippen LogP contribution is 2.14. The number of nitrogens with zero attached hydrogens (tertiary/aromatic N) is 3. The SMILES string of the molecule is N=C1N=C(SCC(=O)N2CCCCCC2)NC(=O)C1=NC(=O)c1ccc(Cl)cc1. The van der Waals surface area contributed by atoms with E-state index in [-0.39, 0.29) is 28.1 Å². The second-order valence-electron chi connectivity index (χ2n) is 6.58. The summed E-state index contributed by atoms with van der Waals surface area (Å²) in [4.78, 5) is 46.4. The molecule has 2 heterocycles. The molecule has 29 heavy (non-hydrogen) atoms. The average molecular weight is 434 g/mol. The molecule has 152 valence electrons.